The summed E-state index contributed by atoms with van der Waals surface area (Å²) in [6.45, 7) is 9.40. The Labute approximate surface area is 124 Å². The molecule has 1 aromatic heterocycles. The van der Waals surface area contributed by atoms with Crippen molar-refractivity contribution in [2.45, 2.75) is 47.2 Å². The number of nitrogens with one attached hydrogen (secondary N) is 2. The van der Waals surface area contributed by atoms with Gasteiger partial charge in [-0.1, -0.05) is 20.8 Å². The Kier molecular flexibility index (Phi) is 4.98. The molecular formula is C14H24N4O3. The van der Waals surface area contributed by atoms with E-state index in [1.54, 1.807) is 25.5 Å². The van der Waals surface area contributed by atoms with E-state index in [1.165, 1.54) is 0 Å². The molecule has 7 nitrogen and oxygen atoms in total. The van der Waals surface area contributed by atoms with Crippen molar-refractivity contribution in [3.8, 4) is 0 Å². The van der Waals surface area contributed by atoms with Crippen molar-refractivity contribution in [1.82, 2.24) is 20.4 Å². The zero-order chi connectivity index (χ0) is 16.4. The molecule has 0 fully saturated rings. The van der Waals surface area contributed by atoms with Crippen LogP contribution in [0.5, 0.6) is 0 Å². The van der Waals surface area contributed by atoms with E-state index < -0.39 is 23.5 Å². The summed E-state index contributed by atoms with van der Waals surface area (Å²) in [6.07, 6.45) is 0. The summed E-state index contributed by atoms with van der Waals surface area (Å²) in [7, 11) is 1.84. The van der Waals surface area contributed by atoms with Crippen LogP contribution in [-0.4, -0.2) is 32.9 Å². The van der Waals surface area contributed by atoms with Crippen molar-refractivity contribution in [2.24, 2.45) is 12.5 Å². The van der Waals surface area contributed by atoms with Crippen LogP contribution in [0.1, 0.15) is 37.7 Å². The minimum absolute atomic E-state index is 0.313. The topological polar surface area (TPSA) is 96.3 Å². The second-order valence-electron chi connectivity index (χ2n) is 6.24. The van der Waals surface area contributed by atoms with Gasteiger partial charge in [-0.15, -0.1) is 0 Å². The molecule has 1 atom stereocenters. The average Bonchev–Trinajstić information content (AvgIpc) is 2.56. The Balaban J connectivity index is 2.68. The number of carboxylic acids is 1. The molecule has 1 heterocycles. The van der Waals surface area contributed by atoms with Gasteiger partial charge in [-0.2, -0.15) is 5.10 Å². The van der Waals surface area contributed by atoms with E-state index in [0.29, 0.717) is 6.54 Å². The number of hydrogen-bond acceptors (Lipinski definition) is 3. The van der Waals surface area contributed by atoms with E-state index in [9.17, 15) is 14.7 Å². The van der Waals surface area contributed by atoms with E-state index >= 15 is 0 Å². The molecule has 0 saturated heterocycles. The molecule has 7 heteroatoms. The van der Waals surface area contributed by atoms with Crippen LogP contribution in [-0.2, 0) is 18.4 Å². The Bertz CT molecular complexity index is 543. The molecule has 0 aliphatic carbocycles. The van der Waals surface area contributed by atoms with E-state index in [2.05, 4.69) is 15.7 Å². The van der Waals surface area contributed by atoms with Crippen LogP contribution in [0.4, 0.5) is 4.79 Å². The fourth-order valence-corrected chi connectivity index (χ4v) is 2.07. The second kappa shape index (κ2) is 6.15. The summed E-state index contributed by atoms with van der Waals surface area (Å²) in [5.74, 6) is -1.05. The molecule has 0 unspecified atom stereocenters. The Morgan fingerprint density at radius 1 is 1.33 bits per heavy atom. The first-order chi connectivity index (χ1) is 9.54. The molecule has 118 valence electrons. The molecule has 0 aliphatic heterocycles. The van der Waals surface area contributed by atoms with Crippen LogP contribution >= 0.6 is 0 Å². The summed E-state index contributed by atoms with van der Waals surface area (Å²) in [6, 6.07) is -1.45. The number of aromatic nitrogens is 2. The Hall–Kier alpha value is -2.05. The summed E-state index contributed by atoms with van der Waals surface area (Å²) in [5.41, 5.74) is 2.19. The van der Waals surface area contributed by atoms with Crippen LogP contribution in [0.2, 0.25) is 0 Å². The smallest absolute Gasteiger partial charge is 0.326 e. The highest BCUT2D eigenvalue weighted by Crippen LogP contribution is 2.19. The fraction of sp³-hybridized carbons (Fsp3) is 0.643. The third-order valence-corrected chi connectivity index (χ3v) is 3.47. The van der Waals surface area contributed by atoms with Gasteiger partial charge in [-0.3, -0.25) is 4.68 Å². The fourth-order valence-electron chi connectivity index (χ4n) is 2.07. The Morgan fingerprint density at radius 3 is 2.29 bits per heavy atom. The zero-order valence-electron chi connectivity index (χ0n) is 13.4. The number of nitrogens with zero attached hydrogens (tertiary/aromatic N) is 2. The van der Waals surface area contributed by atoms with Crippen molar-refractivity contribution in [2.75, 3.05) is 0 Å². The number of aliphatic carboxylic acids is 1. The highest BCUT2D eigenvalue weighted by molar-refractivity contribution is 5.83. The van der Waals surface area contributed by atoms with Crippen molar-refractivity contribution in [1.29, 1.82) is 0 Å². The van der Waals surface area contributed by atoms with Gasteiger partial charge in [0.15, 0.2) is 0 Å². The molecule has 0 aliphatic rings. The third-order valence-electron chi connectivity index (χ3n) is 3.47. The molecule has 0 radical (unpaired) electrons. The number of rotatable bonds is 4. The highest BCUT2D eigenvalue weighted by atomic mass is 16.4. The van der Waals surface area contributed by atoms with Crippen LogP contribution in [0.3, 0.4) is 0 Å². The van der Waals surface area contributed by atoms with Gasteiger partial charge in [0, 0.05) is 24.8 Å². The van der Waals surface area contributed by atoms with Crippen LogP contribution < -0.4 is 10.6 Å². The first-order valence-electron chi connectivity index (χ1n) is 6.80. The van der Waals surface area contributed by atoms with Gasteiger partial charge in [-0.05, 0) is 19.3 Å². The average molecular weight is 296 g/mol. The summed E-state index contributed by atoms with van der Waals surface area (Å²) < 4.78 is 1.75. The SMILES string of the molecule is Cc1nn(C)c(C)c1CNC(=O)N[C@H](C(=O)O)C(C)(C)C. The second-order valence-corrected chi connectivity index (χ2v) is 6.24. The molecule has 0 spiro atoms. The van der Waals surface area contributed by atoms with Gasteiger partial charge < -0.3 is 15.7 Å². The van der Waals surface area contributed by atoms with E-state index in [1.807, 2.05) is 20.9 Å². The first-order valence-corrected chi connectivity index (χ1v) is 6.80. The standard InChI is InChI=1S/C14H24N4O3/c1-8-10(9(2)18(6)17-8)7-15-13(21)16-11(12(19)20)14(3,4)5/h11H,7H2,1-6H3,(H,19,20)(H2,15,16,21)/t11-/m1/s1. The molecular weight excluding hydrogens is 272 g/mol. The monoisotopic (exact) mass is 296 g/mol. The maximum absolute atomic E-state index is 11.9. The van der Waals surface area contributed by atoms with Crippen molar-refractivity contribution in [3.63, 3.8) is 0 Å². The molecule has 3 N–H and O–H groups in total. The van der Waals surface area contributed by atoms with E-state index in [-0.39, 0.29) is 0 Å². The summed E-state index contributed by atoms with van der Waals surface area (Å²) in [4.78, 5) is 23.1. The number of carbonyl (C=O) groups excluding carboxylic acids is 1. The molecule has 1 aromatic rings. The summed E-state index contributed by atoms with van der Waals surface area (Å²) in [5, 5.41) is 18.6. The van der Waals surface area contributed by atoms with Gasteiger partial charge in [0.1, 0.15) is 6.04 Å². The lowest BCUT2D eigenvalue weighted by atomic mass is 9.87. The number of hydrogen-bond donors (Lipinski definition) is 3. The van der Waals surface area contributed by atoms with E-state index in [0.717, 1.165) is 17.0 Å². The number of aryl methyl sites for hydroxylation is 2. The lowest BCUT2D eigenvalue weighted by Crippen LogP contribution is -2.52. The number of amides is 2. The van der Waals surface area contributed by atoms with Crippen LogP contribution in [0.25, 0.3) is 0 Å². The molecule has 0 bridgehead atoms. The van der Waals surface area contributed by atoms with Crippen molar-refractivity contribution in [3.05, 3.63) is 17.0 Å². The minimum Gasteiger partial charge on any atom is -0.480 e. The van der Waals surface area contributed by atoms with Gasteiger partial charge >= 0.3 is 12.0 Å². The quantitative estimate of drug-likeness (QED) is 0.781. The predicted octanol–water partition coefficient (Wildman–Crippen LogP) is 1.34. The molecule has 2 amide bonds. The van der Waals surface area contributed by atoms with E-state index in [4.69, 9.17) is 0 Å². The largest absolute Gasteiger partial charge is 0.480 e. The van der Waals surface area contributed by atoms with Gasteiger partial charge in [0.25, 0.3) is 0 Å². The third kappa shape index (κ3) is 4.21. The predicted molar refractivity (Wildman–Crippen MR) is 78.9 cm³/mol. The first kappa shape index (κ1) is 17.0. The molecule has 21 heavy (non-hydrogen) atoms. The van der Waals surface area contributed by atoms with Gasteiger partial charge in [-0.25, -0.2) is 9.59 Å². The molecule has 0 saturated carbocycles. The van der Waals surface area contributed by atoms with Crippen molar-refractivity contribution < 1.29 is 14.7 Å². The normalized spacial score (nSPS) is 12.9. The minimum atomic E-state index is -1.05. The zero-order valence-corrected chi connectivity index (χ0v) is 13.4. The molecule has 1 rings (SSSR count). The Morgan fingerprint density at radius 2 is 1.90 bits per heavy atom. The maximum Gasteiger partial charge on any atom is 0.326 e. The molecule has 0 aromatic carbocycles. The van der Waals surface area contributed by atoms with Crippen LogP contribution in [0, 0.1) is 19.3 Å². The highest BCUT2D eigenvalue weighted by Gasteiger charge is 2.32. The lowest BCUT2D eigenvalue weighted by Gasteiger charge is -2.27. The van der Waals surface area contributed by atoms with Gasteiger partial charge in [0.05, 0.1) is 5.69 Å². The number of carboxylic acid groups (broad SMARTS) is 1. The lowest BCUT2D eigenvalue weighted by molar-refractivity contribution is -0.141. The van der Waals surface area contributed by atoms with Crippen molar-refractivity contribution >= 4 is 12.0 Å². The number of urea groups is 1. The summed E-state index contributed by atoms with van der Waals surface area (Å²) >= 11 is 0. The van der Waals surface area contributed by atoms with Gasteiger partial charge in [0.2, 0.25) is 0 Å². The van der Waals surface area contributed by atoms with Crippen LogP contribution in [0.15, 0.2) is 0 Å². The maximum atomic E-state index is 11.9. The number of carbonyl (C=O) groups is 2.